The summed E-state index contributed by atoms with van der Waals surface area (Å²) in [6.45, 7) is 4.84. The van der Waals surface area contributed by atoms with Crippen LogP contribution in [0.3, 0.4) is 0 Å². The number of hydrogen-bond acceptors (Lipinski definition) is 1. The van der Waals surface area contributed by atoms with Gasteiger partial charge in [0.25, 0.3) is 0 Å². The molecule has 0 rings (SSSR count). The minimum Gasteiger partial charge on any atom is -0.389 e. The highest BCUT2D eigenvalue weighted by Crippen LogP contribution is 2.23. The van der Waals surface area contributed by atoms with Gasteiger partial charge in [0.2, 0.25) is 0 Å². The Bertz CT molecular complexity index is 139. The maximum Gasteiger partial charge on any atom is 0.389 e. The Labute approximate surface area is 63.5 Å². The van der Waals surface area contributed by atoms with Crippen molar-refractivity contribution < 1.29 is 18.3 Å². The zero-order chi connectivity index (χ0) is 9.07. The van der Waals surface area contributed by atoms with Crippen LogP contribution in [-0.2, 0) is 0 Å². The summed E-state index contributed by atoms with van der Waals surface area (Å²) in [5.74, 6) is 0. The Morgan fingerprint density at radius 3 is 2.27 bits per heavy atom. The number of aliphatic hydroxyl groups excluding tert-OH is 1. The first-order valence-corrected chi connectivity index (χ1v) is 3.23. The van der Waals surface area contributed by atoms with E-state index in [9.17, 15) is 13.2 Å². The van der Waals surface area contributed by atoms with Crippen LogP contribution in [-0.4, -0.2) is 17.4 Å². The van der Waals surface area contributed by atoms with Crippen molar-refractivity contribution in [1.29, 1.82) is 0 Å². The van der Waals surface area contributed by atoms with E-state index >= 15 is 0 Å². The van der Waals surface area contributed by atoms with Gasteiger partial charge in [0.15, 0.2) is 0 Å². The van der Waals surface area contributed by atoms with Crippen molar-refractivity contribution in [3.8, 4) is 0 Å². The Kier molecular flexibility index (Phi) is 3.58. The van der Waals surface area contributed by atoms with Crippen molar-refractivity contribution in [3.05, 3.63) is 12.2 Å². The first-order chi connectivity index (χ1) is 4.83. The molecule has 0 amide bonds. The molecule has 1 N–H and O–H groups in total. The number of hydrogen-bond donors (Lipinski definition) is 1. The Morgan fingerprint density at radius 2 is 2.00 bits per heavy atom. The molecule has 4 heteroatoms. The number of alkyl halides is 3. The third-order valence-electron chi connectivity index (χ3n) is 1.27. The van der Waals surface area contributed by atoms with E-state index in [1.807, 2.05) is 0 Å². The molecular formula is C7H11F3O. The second kappa shape index (κ2) is 3.76. The van der Waals surface area contributed by atoms with Crippen LogP contribution in [0.1, 0.15) is 19.8 Å². The summed E-state index contributed by atoms with van der Waals surface area (Å²) in [5, 5.41) is 8.89. The van der Waals surface area contributed by atoms with Gasteiger partial charge in [0.1, 0.15) is 0 Å². The smallest absolute Gasteiger partial charge is 0.389 e. The van der Waals surface area contributed by atoms with E-state index in [1.165, 1.54) is 6.92 Å². The van der Waals surface area contributed by atoms with Gasteiger partial charge >= 0.3 is 6.18 Å². The first kappa shape index (κ1) is 10.5. The van der Waals surface area contributed by atoms with E-state index in [0.717, 1.165) is 0 Å². The molecule has 0 aromatic rings. The van der Waals surface area contributed by atoms with Crippen molar-refractivity contribution in [2.45, 2.75) is 32.0 Å². The second-order valence-corrected chi connectivity index (χ2v) is 2.52. The normalized spacial score (nSPS) is 14.6. The van der Waals surface area contributed by atoms with Gasteiger partial charge in [-0.15, -0.1) is 0 Å². The number of rotatable bonds is 3. The predicted molar refractivity (Wildman–Crippen MR) is 36.1 cm³/mol. The van der Waals surface area contributed by atoms with Crippen LogP contribution < -0.4 is 0 Å². The molecule has 0 bridgehead atoms. The minimum absolute atomic E-state index is 0.293. The van der Waals surface area contributed by atoms with Crippen LogP contribution in [0, 0.1) is 0 Å². The molecule has 0 aliphatic heterocycles. The summed E-state index contributed by atoms with van der Waals surface area (Å²) in [7, 11) is 0. The van der Waals surface area contributed by atoms with Crippen molar-refractivity contribution in [1.82, 2.24) is 0 Å². The SMILES string of the molecule is C=C(C)C(O)CCC(F)(F)F. The number of halogens is 3. The van der Waals surface area contributed by atoms with E-state index in [-0.39, 0.29) is 6.42 Å². The van der Waals surface area contributed by atoms with Crippen LogP contribution in [0.15, 0.2) is 12.2 Å². The zero-order valence-electron chi connectivity index (χ0n) is 6.28. The highest BCUT2D eigenvalue weighted by Gasteiger charge is 2.27. The van der Waals surface area contributed by atoms with E-state index in [2.05, 4.69) is 6.58 Å². The largest absolute Gasteiger partial charge is 0.389 e. The molecule has 0 aliphatic carbocycles. The molecular weight excluding hydrogens is 157 g/mol. The predicted octanol–water partition coefficient (Wildman–Crippen LogP) is 2.27. The molecule has 0 heterocycles. The van der Waals surface area contributed by atoms with Crippen molar-refractivity contribution in [2.24, 2.45) is 0 Å². The van der Waals surface area contributed by atoms with Gasteiger partial charge in [0.05, 0.1) is 6.10 Å². The van der Waals surface area contributed by atoms with Crippen LogP contribution >= 0.6 is 0 Å². The van der Waals surface area contributed by atoms with Gasteiger partial charge in [-0.05, 0) is 13.3 Å². The lowest BCUT2D eigenvalue weighted by molar-refractivity contribution is -0.138. The molecule has 0 aromatic heterocycles. The van der Waals surface area contributed by atoms with Crippen LogP contribution in [0.25, 0.3) is 0 Å². The Hall–Kier alpha value is -0.510. The lowest BCUT2D eigenvalue weighted by Gasteiger charge is -2.11. The quantitative estimate of drug-likeness (QED) is 0.641. The topological polar surface area (TPSA) is 20.2 Å². The molecule has 0 radical (unpaired) electrons. The van der Waals surface area contributed by atoms with Gasteiger partial charge in [0, 0.05) is 6.42 Å². The zero-order valence-corrected chi connectivity index (χ0v) is 6.28. The van der Waals surface area contributed by atoms with E-state index in [0.29, 0.717) is 5.57 Å². The molecule has 1 atom stereocenters. The van der Waals surface area contributed by atoms with E-state index in [4.69, 9.17) is 5.11 Å². The fraction of sp³-hybridized carbons (Fsp3) is 0.714. The molecule has 0 aliphatic rings. The monoisotopic (exact) mass is 168 g/mol. The number of aliphatic hydroxyl groups is 1. The van der Waals surface area contributed by atoms with Crippen molar-refractivity contribution >= 4 is 0 Å². The van der Waals surface area contributed by atoms with Crippen molar-refractivity contribution in [2.75, 3.05) is 0 Å². The third kappa shape index (κ3) is 5.91. The molecule has 0 fully saturated rings. The summed E-state index contributed by atoms with van der Waals surface area (Å²) in [6, 6.07) is 0. The van der Waals surface area contributed by atoms with E-state index < -0.39 is 18.7 Å². The summed E-state index contributed by atoms with van der Waals surface area (Å²) < 4.78 is 34.6. The molecule has 0 saturated heterocycles. The molecule has 0 saturated carbocycles. The highest BCUT2D eigenvalue weighted by atomic mass is 19.4. The van der Waals surface area contributed by atoms with Crippen molar-refractivity contribution in [3.63, 3.8) is 0 Å². The van der Waals surface area contributed by atoms with Gasteiger partial charge in [-0.3, -0.25) is 0 Å². The maximum absolute atomic E-state index is 11.5. The summed E-state index contributed by atoms with van der Waals surface area (Å²) in [4.78, 5) is 0. The second-order valence-electron chi connectivity index (χ2n) is 2.52. The van der Waals surface area contributed by atoms with Crippen LogP contribution in [0.5, 0.6) is 0 Å². The molecule has 0 spiro atoms. The lowest BCUT2D eigenvalue weighted by atomic mass is 10.1. The highest BCUT2D eigenvalue weighted by molar-refractivity contribution is 4.96. The lowest BCUT2D eigenvalue weighted by Crippen LogP contribution is -2.14. The fourth-order valence-electron chi connectivity index (χ4n) is 0.547. The fourth-order valence-corrected chi connectivity index (χ4v) is 0.547. The molecule has 1 unspecified atom stereocenters. The molecule has 0 aromatic carbocycles. The van der Waals surface area contributed by atoms with Gasteiger partial charge in [-0.1, -0.05) is 12.2 Å². The van der Waals surface area contributed by atoms with Gasteiger partial charge in [-0.25, -0.2) is 0 Å². The first-order valence-electron chi connectivity index (χ1n) is 3.23. The van der Waals surface area contributed by atoms with Gasteiger partial charge < -0.3 is 5.11 Å². The average Bonchev–Trinajstić information content (AvgIpc) is 1.80. The van der Waals surface area contributed by atoms with Crippen LogP contribution in [0.4, 0.5) is 13.2 Å². The molecule has 1 nitrogen and oxygen atoms in total. The molecule has 11 heavy (non-hydrogen) atoms. The third-order valence-corrected chi connectivity index (χ3v) is 1.27. The Morgan fingerprint density at radius 1 is 1.55 bits per heavy atom. The van der Waals surface area contributed by atoms with Gasteiger partial charge in [-0.2, -0.15) is 13.2 Å². The Balaban J connectivity index is 3.63. The average molecular weight is 168 g/mol. The summed E-state index contributed by atoms with van der Waals surface area (Å²) in [6.07, 6.45) is -6.47. The summed E-state index contributed by atoms with van der Waals surface area (Å²) in [5.41, 5.74) is 0.370. The van der Waals surface area contributed by atoms with E-state index in [1.54, 1.807) is 0 Å². The van der Waals surface area contributed by atoms with Crippen LogP contribution in [0.2, 0.25) is 0 Å². The molecule has 66 valence electrons. The summed E-state index contributed by atoms with van der Waals surface area (Å²) >= 11 is 0. The standard InChI is InChI=1S/C7H11F3O/c1-5(2)6(11)3-4-7(8,9)10/h6,11H,1,3-4H2,2H3. The minimum atomic E-state index is -4.18. The maximum atomic E-state index is 11.5.